The van der Waals surface area contributed by atoms with Crippen LogP contribution in [-0.2, 0) is 4.79 Å². The summed E-state index contributed by atoms with van der Waals surface area (Å²) >= 11 is 11.8. The number of nitrogens with zero attached hydrogens (tertiary/aromatic N) is 1. The number of halogens is 2. The Labute approximate surface area is 161 Å². The SMILES string of the molecule is CC(Nc1ccc2ccccc2c1)C(=O)N/N=C/c1ccc(Cl)c(Cl)c1. The van der Waals surface area contributed by atoms with Crippen molar-refractivity contribution in [3.05, 3.63) is 76.3 Å². The molecule has 26 heavy (non-hydrogen) atoms. The summed E-state index contributed by atoms with van der Waals surface area (Å²) in [5.41, 5.74) is 4.13. The van der Waals surface area contributed by atoms with E-state index in [0.29, 0.717) is 10.0 Å². The van der Waals surface area contributed by atoms with Gasteiger partial charge in [-0.05, 0) is 47.5 Å². The highest BCUT2D eigenvalue weighted by Gasteiger charge is 2.11. The van der Waals surface area contributed by atoms with Gasteiger partial charge in [-0.25, -0.2) is 5.43 Å². The maximum absolute atomic E-state index is 12.2. The van der Waals surface area contributed by atoms with E-state index in [2.05, 4.69) is 15.8 Å². The number of hydrogen-bond acceptors (Lipinski definition) is 3. The number of carbonyl (C=O) groups excluding carboxylic acids is 1. The molecule has 0 saturated carbocycles. The summed E-state index contributed by atoms with van der Waals surface area (Å²) in [4.78, 5) is 12.2. The lowest BCUT2D eigenvalue weighted by Crippen LogP contribution is -2.34. The van der Waals surface area contributed by atoms with Gasteiger partial charge in [-0.2, -0.15) is 5.10 Å². The number of hydrogen-bond donors (Lipinski definition) is 2. The number of fused-ring (bicyclic) bond motifs is 1. The minimum Gasteiger partial charge on any atom is -0.374 e. The number of hydrazone groups is 1. The van der Waals surface area contributed by atoms with Crippen molar-refractivity contribution in [1.82, 2.24) is 5.43 Å². The van der Waals surface area contributed by atoms with E-state index in [1.165, 1.54) is 6.21 Å². The van der Waals surface area contributed by atoms with Gasteiger partial charge < -0.3 is 5.32 Å². The molecular formula is C20H17Cl2N3O. The molecule has 4 nitrogen and oxygen atoms in total. The molecule has 0 heterocycles. The van der Waals surface area contributed by atoms with Crippen molar-refractivity contribution in [2.75, 3.05) is 5.32 Å². The van der Waals surface area contributed by atoms with Gasteiger partial charge in [0.25, 0.3) is 5.91 Å². The van der Waals surface area contributed by atoms with Crippen molar-refractivity contribution in [1.29, 1.82) is 0 Å². The first-order chi connectivity index (χ1) is 12.5. The molecule has 1 atom stereocenters. The molecule has 3 aromatic rings. The maximum Gasteiger partial charge on any atom is 0.262 e. The highest BCUT2D eigenvalue weighted by Crippen LogP contribution is 2.22. The number of anilines is 1. The lowest BCUT2D eigenvalue weighted by Gasteiger charge is -2.14. The first kappa shape index (κ1) is 18.2. The van der Waals surface area contributed by atoms with Gasteiger partial charge in [0, 0.05) is 5.69 Å². The van der Waals surface area contributed by atoms with Crippen LogP contribution >= 0.6 is 23.2 Å². The van der Waals surface area contributed by atoms with Gasteiger partial charge in [0.2, 0.25) is 0 Å². The average Bonchev–Trinajstić information content (AvgIpc) is 2.64. The molecule has 3 aromatic carbocycles. The van der Waals surface area contributed by atoms with E-state index in [1.54, 1.807) is 25.1 Å². The second-order valence-corrected chi connectivity index (χ2v) is 6.65. The summed E-state index contributed by atoms with van der Waals surface area (Å²) in [6, 6.07) is 18.7. The van der Waals surface area contributed by atoms with Crippen molar-refractivity contribution in [2.24, 2.45) is 5.10 Å². The van der Waals surface area contributed by atoms with Crippen molar-refractivity contribution in [3.63, 3.8) is 0 Å². The predicted octanol–water partition coefficient (Wildman–Crippen LogP) is 5.10. The molecule has 0 aliphatic rings. The molecule has 1 unspecified atom stereocenters. The second kappa shape index (κ2) is 8.21. The van der Waals surface area contributed by atoms with Crippen molar-refractivity contribution < 1.29 is 4.79 Å². The Kier molecular flexibility index (Phi) is 5.76. The molecule has 0 aromatic heterocycles. The monoisotopic (exact) mass is 385 g/mol. The summed E-state index contributed by atoms with van der Waals surface area (Å²) in [6.07, 6.45) is 1.52. The molecule has 0 fully saturated rings. The van der Waals surface area contributed by atoms with Gasteiger partial charge in [-0.15, -0.1) is 0 Å². The van der Waals surface area contributed by atoms with Crippen molar-refractivity contribution in [2.45, 2.75) is 13.0 Å². The van der Waals surface area contributed by atoms with E-state index >= 15 is 0 Å². The Morgan fingerprint density at radius 1 is 1.00 bits per heavy atom. The molecule has 0 bridgehead atoms. The minimum atomic E-state index is -0.442. The fourth-order valence-corrected chi connectivity index (χ4v) is 2.76. The van der Waals surface area contributed by atoms with Crippen LogP contribution in [0.1, 0.15) is 12.5 Å². The largest absolute Gasteiger partial charge is 0.374 e. The van der Waals surface area contributed by atoms with E-state index in [-0.39, 0.29) is 5.91 Å². The molecule has 132 valence electrons. The van der Waals surface area contributed by atoms with Gasteiger partial charge >= 0.3 is 0 Å². The van der Waals surface area contributed by atoms with Crippen LogP contribution in [0.4, 0.5) is 5.69 Å². The van der Waals surface area contributed by atoms with Crippen LogP contribution in [0.2, 0.25) is 10.0 Å². The van der Waals surface area contributed by atoms with Gasteiger partial charge in [0.15, 0.2) is 0 Å². The van der Waals surface area contributed by atoms with Crippen LogP contribution in [0, 0.1) is 0 Å². The van der Waals surface area contributed by atoms with Gasteiger partial charge in [-0.3, -0.25) is 4.79 Å². The molecule has 0 spiro atoms. The average molecular weight is 386 g/mol. The number of nitrogens with one attached hydrogen (secondary N) is 2. The molecule has 6 heteroatoms. The Morgan fingerprint density at radius 3 is 2.54 bits per heavy atom. The molecule has 2 N–H and O–H groups in total. The summed E-state index contributed by atoms with van der Waals surface area (Å²) in [5, 5.41) is 10.3. The van der Waals surface area contributed by atoms with Crippen LogP contribution in [-0.4, -0.2) is 18.2 Å². The first-order valence-corrected chi connectivity index (χ1v) is 8.82. The maximum atomic E-state index is 12.2. The van der Waals surface area contributed by atoms with Crippen LogP contribution in [0.5, 0.6) is 0 Å². The number of amides is 1. The van der Waals surface area contributed by atoms with E-state index in [9.17, 15) is 4.79 Å². The molecule has 3 rings (SSSR count). The quantitative estimate of drug-likeness (QED) is 0.474. The lowest BCUT2D eigenvalue weighted by atomic mass is 10.1. The molecular weight excluding hydrogens is 369 g/mol. The van der Waals surface area contributed by atoms with E-state index in [1.807, 2.05) is 42.5 Å². The third kappa shape index (κ3) is 4.54. The highest BCUT2D eigenvalue weighted by molar-refractivity contribution is 6.42. The standard InChI is InChI=1S/C20H17Cl2N3O/c1-13(24-17-8-7-15-4-2-3-5-16(15)11-17)20(26)25-23-12-14-6-9-18(21)19(22)10-14/h2-13,24H,1H3,(H,25,26)/b23-12+. The van der Waals surface area contributed by atoms with Crippen molar-refractivity contribution in [3.8, 4) is 0 Å². The summed E-state index contributed by atoms with van der Waals surface area (Å²) in [6.45, 7) is 1.78. The second-order valence-electron chi connectivity index (χ2n) is 5.84. The molecule has 0 aliphatic heterocycles. The Morgan fingerprint density at radius 2 is 1.77 bits per heavy atom. The highest BCUT2D eigenvalue weighted by atomic mass is 35.5. The van der Waals surface area contributed by atoms with E-state index in [0.717, 1.165) is 22.0 Å². The Bertz CT molecular complexity index is 972. The Balaban J connectivity index is 1.59. The summed E-state index contributed by atoms with van der Waals surface area (Å²) in [5.74, 6) is -0.241. The van der Waals surface area contributed by atoms with Crippen LogP contribution in [0.3, 0.4) is 0 Å². The third-order valence-electron chi connectivity index (χ3n) is 3.86. The minimum absolute atomic E-state index is 0.241. The number of carbonyl (C=O) groups is 1. The predicted molar refractivity (Wildman–Crippen MR) is 109 cm³/mol. The van der Waals surface area contributed by atoms with Gasteiger partial charge in [0.05, 0.1) is 16.3 Å². The van der Waals surface area contributed by atoms with Crippen molar-refractivity contribution >= 4 is 51.8 Å². The van der Waals surface area contributed by atoms with Crippen LogP contribution in [0.15, 0.2) is 65.8 Å². The normalized spacial score (nSPS) is 12.3. The molecule has 1 amide bonds. The fraction of sp³-hybridized carbons (Fsp3) is 0.100. The van der Waals surface area contributed by atoms with E-state index in [4.69, 9.17) is 23.2 Å². The smallest absolute Gasteiger partial charge is 0.262 e. The number of rotatable bonds is 5. The van der Waals surface area contributed by atoms with Gasteiger partial charge in [-0.1, -0.05) is 59.6 Å². The zero-order valence-electron chi connectivity index (χ0n) is 14.0. The zero-order valence-corrected chi connectivity index (χ0v) is 15.6. The zero-order chi connectivity index (χ0) is 18.5. The lowest BCUT2D eigenvalue weighted by molar-refractivity contribution is -0.121. The summed E-state index contributed by atoms with van der Waals surface area (Å²) in [7, 11) is 0. The van der Waals surface area contributed by atoms with E-state index < -0.39 is 6.04 Å². The molecule has 0 radical (unpaired) electrons. The molecule has 0 saturated heterocycles. The van der Waals surface area contributed by atoms with Crippen LogP contribution < -0.4 is 10.7 Å². The topological polar surface area (TPSA) is 53.5 Å². The number of benzene rings is 3. The third-order valence-corrected chi connectivity index (χ3v) is 4.60. The van der Waals surface area contributed by atoms with Crippen LogP contribution in [0.25, 0.3) is 10.8 Å². The van der Waals surface area contributed by atoms with Gasteiger partial charge in [0.1, 0.15) is 6.04 Å². The first-order valence-electron chi connectivity index (χ1n) is 8.06. The summed E-state index contributed by atoms with van der Waals surface area (Å²) < 4.78 is 0. The Hall–Kier alpha value is -2.56. The molecule has 0 aliphatic carbocycles. The fourth-order valence-electron chi connectivity index (χ4n) is 2.45.